The number of aliphatic hydroxyl groups excluding tert-OH is 3. The normalized spacial score (nSPS) is 11.3. The van der Waals surface area contributed by atoms with E-state index >= 15 is 0 Å². The molecule has 1 aliphatic rings. The second-order valence-corrected chi connectivity index (χ2v) is 23.3. The van der Waals surface area contributed by atoms with Crippen molar-refractivity contribution < 1.29 is 110 Å². The number of benzene rings is 9. The van der Waals surface area contributed by atoms with Crippen molar-refractivity contribution in [1.29, 1.82) is 0 Å². The molecule has 100 heavy (non-hydrogen) atoms. The van der Waals surface area contributed by atoms with Crippen molar-refractivity contribution in [2.45, 2.75) is 74.7 Å². The Balaban J connectivity index is 0.000000258. The number of hydrogen-bond donors (Lipinski definition) is 3. The fourth-order valence-corrected chi connectivity index (χ4v) is 10.9. The quantitative estimate of drug-likeness (QED) is 0.0795. The van der Waals surface area contributed by atoms with E-state index < -0.39 is 0 Å². The molecule has 10 nitrogen and oxygen atoms in total. The summed E-state index contributed by atoms with van der Waals surface area (Å²) in [5.41, 5.74) is 18.1. The number of nitrogens with zero attached hydrogens (tertiary/aromatic N) is 4. The van der Waals surface area contributed by atoms with E-state index in [2.05, 4.69) is 199 Å². The van der Waals surface area contributed by atoms with Gasteiger partial charge in [0.1, 0.15) is 0 Å². The molecule has 0 aliphatic heterocycles. The maximum Gasteiger partial charge on any atom is 0.155 e. The Kier molecular flexibility index (Phi) is 34.0. The molecule has 0 fully saturated rings. The Morgan fingerprint density at radius 1 is 0.380 bits per heavy atom. The van der Waals surface area contributed by atoms with Crippen LogP contribution in [0.15, 0.2) is 278 Å². The molecule has 0 amide bonds. The van der Waals surface area contributed by atoms with Crippen molar-refractivity contribution in [3.05, 3.63) is 325 Å². The largest absolute Gasteiger partial charge is 0.512 e. The van der Waals surface area contributed by atoms with Crippen LogP contribution in [0.1, 0.15) is 77.6 Å². The van der Waals surface area contributed by atoms with Crippen molar-refractivity contribution in [2.75, 3.05) is 0 Å². The number of aromatic nitrogens is 4. The number of pyridine rings is 4. The maximum atomic E-state index is 10.0. The molecule has 0 spiro atoms. The molecule has 14 heteroatoms. The number of ketones is 3. The van der Waals surface area contributed by atoms with Crippen LogP contribution in [0.3, 0.4) is 0 Å². The molecule has 0 saturated heterocycles. The van der Waals surface area contributed by atoms with Gasteiger partial charge in [0.25, 0.3) is 0 Å². The van der Waals surface area contributed by atoms with Crippen LogP contribution >= 0.6 is 0 Å². The molecular formula is C86H76Ir4N4O6-4. The summed E-state index contributed by atoms with van der Waals surface area (Å²) in [6.45, 7) is 17.4. The summed E-state index contributed by atoms with van der Waals surface area (Å²) in [4.78, 5) is 48.5. The number of aryl methyl sites for hydroxylation is 2. The van der Waals surface area contributed by atoms with E-state index in [0.29, 0.717) is 0 Å². The van der Waals surface area contributed by atoms with Crippen molar-refractivity contribution in [3.63, 3.8) is 0 Å². The van der Waals surface area contributed by atoms with Gasteiger partial charge in [-0.15, -0.1) is 137 Å². The van der Waals surface area contributed by atoms with Gasteiger partial charge < -0.3 is 25.3 Å². The fourth-order valence-electron chi connectivity index (χ4n) is 10.9. The number of aliphatic hydroxyl groups is 3. The van der Waals surface area contributed by atoms with Crippen LogP contribution in [0.25, 0.3) is 99.5 Å². The van der Waals surface area contributed by atoms with Gasteiger partial charge in [0.2, 0.25) is 0 Å². The van der Waals surface area contributed by atoms with Crippen LogP contribution in [0.4, 0.5) is 0 Å². The van der Waals surface area contributed by atoms with E-state index in [1.165, 1.54) is 125 Å². The SMILES string of the molecule is CC(=O)C=C(C)O.CC(=O)C=C(C)O.CC(=O)C=C(C)O.CC1(C)c2ccccc2-c2c[c-]c(-c3nccc4ccccc34)cc21.Cc1cccc2nc(-c3[c-]cccc3)ccc12.Cc1cccc2nc(-c3[c-]cccc3)ccc12.[Ir].[Ir].[Ir].[Ir].[c-]1ccccc1-c1nccc2ccccc12. The monoisotopic (exact) mass is 2030 g/mol. The second kappa shape index (κ2) is 40.8. The topological polar surface area (TPSA) is 163 Å². The summed E-state index contributed by atoms with van der Waals surface area (Å²) in [6, 6.07) is 91.6. The predicted molar refractivity (Wildman–Crippen MR) is 392 cm³/mol. The molecule has 14 rings (SSSR count). The molecule has 13 aromatic rings. The molecule has 0 bridgehead atoms. The molecule has 4 radical (unpaired) electrons. The summed E-state index contributed by atoms with van der Waals surface area (Å²) in [5, 5.41) is 32.3. The third-order valence-electron chi connectivity index (χ3n) is 15.2. The Labute approximate surface area is 641 Å². The fraction of sp³-hybridized carbons (Fsp3) is 0.128. The van der Waals surface area contributed by atoms with Crippen molar-refractivity contribution in [1.82, 2.24) is 19.9 Å². The summed E-state index contributed by atoms with van der Waals surface area (Å²) in [6.07, 6.45) is 7.23. The van der Waals surface area contributed by atoms with Crippen LogP contribution in [0.2, 0.25) is 0 Å². The average molecular weight is 2030 g/mol. The van der Waals surface area contributed by atoms with E-state index in [-0.39, 0.29) is 120 Å². The smallest absolute Gasteiger partial charge is 0.155 e. The molecule has 9 aromatic carbocycles. The summed E-state index contributed by atoms with van der Waals surface area (Å²) in [5.74, 6) is -0.187. The number of allylic oxidation sites excluding steroid dienone is 6. The van der Waals surface area contributed by atoms with E-state index in [1.54, 1.807) is 0 Å². The van der Waals surface area contributed by atoms with E-state index in [0.717, 1.165) is 56.1 Å². The van der Waals surface area contributed by atoms with Crippen LogP contribution in [-0.4, -0.2) is 52.6 Å². The van der Waals surface area contributed by atoms with Crippen molar-refractivity contribution >= 4 is 60.7 Å². The van der Waals surface area contributed by atoms with Crippen LogP contribution in [-0.2, 0) is 100 Å². The van der Waals surface area contributed by atoms with Gasteiger partial charge in [0.05, 0.1) is 28.3 Å². The Morgan fingerprint density at radius 3 is 1.17 bits per heavy atom. The van der Waals surface area contributed by atoms with Gasteiger partial charge in [0, 0.05) is 122 Å². The number of hydrogen-bond acceptors (Lipinski definition) is 10. The first-order chi connectivity index (χ1) is 46.2. The first-order valence-electron chi connectivity index (χ1n) is 31.3. The van der Waals surface area contributed by atoms with Gasteiger partial charge in [-0.25, -0.2) is 0 Å². The Bertz CT molecular complexity index is 4740. The minimum Gasteiger partial charge on any atom is -0.512 e. The molecule has 516 valence electrons. The van der Waals surface area contributed by atoms with Crippen molar-refractivity contribution in [2.24, 2.45) is 0 Å². The zero-order valence-electron chi connectivity index (χ0n) is 57.0. The van der Waals surface area contributed by atoms with Gasteiger partial charge in [-0.1, -0.05) is 146 Å². The van der Waals surface area contributed by atoms with Gasteiger partial charge in [-0.3, -0.25) is 24.4 Å². The molecule has 1 aliphatic carbocycles. The van der Waals surface area contributed by atoms with E-state index in [4.69, 9.17) is 15.3 Å². The van der Waals surface area contributed by atoms with Gasteiger partial charge in [0.15, 0.2) is 17.3 Å². The third-order valence-corrected chi connectivity index (χ3v) is 15.2. The molecule has 3 N–H and O–H groups in total. The zero-order valence-corrected chi connectivity index (χ0v) is 66.6. The van der Waals surface area contributed by atoms with Gasteiger partial charge in [-0.2, -0.15) is 0 Å². The molecular weight excluding hydrogens is 1950 g/mol. The van der Waals surface area contributed by atoms with E-state index in [1.807, 2.05) is 116 Å². The number of carbonyl (C=O) groups is 3. The zero-order chi connectivity index (χ0) is 68.7. The van der Waals surface area contributed by atoms with Gasteiger partial charge in [-0.05, 0) is 146 Å². The minimum atomic E-state index is -0.125. The van der Waals surface area contributed by atoms with Gasteiger partial charge >= 0.3 is 0 Å². The molecule has 0 saturated carbocycles. The molecule has 4 heterocycles. The molecule has 0 atom stereocenters. The van der Waals surface area contributed by atoms with Crippen LogP contribution < -0.4 is 0 Å². The van der Waals surface area contributed by atoms with Crippen molar-refractivity contribution in [3.8, 4) is 56.2 Å². The number of fused-ring (bicyclic) bond motifs is 7. The number of rotatable bonds is 7. The maximum absolute atomic E-state index is 10.0. The summed E-state index contributed by atoms with van der Waals surface area (Å²) >= 11 is 0. The summed E-state index contributed by atoms with van der Waals surface area (Å²) < 4.78 is 0. The minimum absolute atomic E-state index is 0. The van der Waals surface area contributed by atoms with E-state index in [9.17, 15) is 14.4 Å². The van der Waals surface area contributed by atoms with Crippen LogP contribution in [0, 0.1) is 38.1 Å². The first-order valence-corrected chi connectivity index (χ1v) is 31.3. The summed E-state index contributed by atoms with van der Waals surface area (Å²) in [7, 11) is 0. The number of carbonyl (C=O) groups excluding carboxylic acids is 3. The predicted octanol–water partition coefficient (Wildman–Crippen LogP) is 20.8. The van der Waals surface area contributed by atoms with Crippen LogP contribution in [0.5, 0.6) is 0 Å². The second-order valence-electron chi connectivity index (χ2n) is 23.3. The standard InChI is InChI=1S/C24H18N.2C16H12N.C15H10N.3C5H8O2.4Ir/c1-24(2)21-10-6-5-9-19(21)20-12-11-17(15-22(20)24)23-18-8-4-3-7-16(18)13-14-25-23;2*1-12-6-5-9-16-14(12)10-11-15(17-16)13-7-3-2-4-8-13;1-2-7-13(8-3-1)15-14-9-5-4-6-12(14)10-11-16-15;3*1-4(6)3-5(2)7;;;;/h3-10,12-15H,1-2H3;2*2-7,9-11H,1H3;1-7,9-11H;3*3,6H,1-2H3;;;;/q4*-1;;;;;;;. The molecule has 0 unspecified atom stereocenters. The Morgan fingerprint density at radius 2 is 0.770 bits per heavy atom. The Hall–Kier alpha value is -9.15. The first kappa shape index (κ1) is 83.3. The average Bonchev–Trinajstić information content (AvgIpc) is 1.58. The third kappa shape index (κ3) is 23.5. The molecule has 4 aromatic heterocycles.